The Morgan fingerprint density at radius 1 is 1.64 bits per heavy atom. The van der Waals surface area contributed by atoms with Gasteiger partial charge in [0.1, 0.15) is 5.82 Å². The highest BCUT2D eigenvalue weighted by molar-refractivity contribution is 7.09. The van der Waals surface area contributed by atoms with Crippen molar-refractivity contribution in [2.75, 3.05) is 18.0 Å². The average molecular weight is 213 g/mol. The van der Waals surface area contributed by atoms with Gasteiger partial charge in [-0.25, -0.2) is 4.98 Å². The Morgan fingerprint density at radius 2 is 2.50 bits per heavy atom. The monoisotopic (exact) mass is 213 g/mol. The smallest absolute Gasteiger partial charge is 0.205 e. The second kappa shape index (κ2) is 4.23. The van der Waals surface area contributed by atoms with E-state index in [2.05, 4.69) is 21.2 Å². The zero-order valence-corrected chi connectivity index (χ0v) is 9.13. The van der Waals surface area contributed by atoms with Gasteiger partial charge in [0.15, 0.2) is 0 Å². The zero-order valence-electron chi connectivity index (χ0n) is 8.31. The number of hydrogen-bond acceptors (Lipinski definition) is 5. The average Bonchev–Trinajstić information content (AvgIpc) is 2.66. The number of rotatable bonds is 2. The van der Waals surface area contributed by atoms with Crippen molar-refractivity contribution in [2.45, 2.75) is 32.3 Å². The third-order valence-electron chi connectivity index (χ3n) is 2.44. The number of piperidine rings is 1. The van der Waals surface area contributed by atoms with Crippen molar-refractivity contribution >= 4 is 16.7 Å². The highest BCUT2D eigenvalue weighted by Crippen LogP contribution is 2.21. The van der Waals surface area contributed by atoms with Crippen LogP contribution in [-0.2, 0) is 6.42 Å². The van der Waals surface area contributed by atoms with Gasteiger partial charge in [0.05, 0.1) is 6.10 Å². The van der Waals surface area contributed by atoms with E-state index in [4.69, 9.17) is 0 Å². The minimum absolute atomic E-state index is 0.197. The van der Waals surface area contributed by atoms with Crippen molar-refractivity contribution in [1.29, 1.82) is 0 Å². The molecule has 0 unspecified atom stereocenters. The summed E-state index contributed by atoms with van der Waals surface area (Å²) >= 11 is 1.44. The number of aryl methyl sites for hydroxylation is 1. The van der Waals surface area contributed by atoms with E-state index in [0.717, 1.165) is 36.8 Å². The summed E-state index contributed by atoms with van der Waals surface area (Å²) in [6.07, 6.45) is 2.64. The quantitative estimate of drug-likeness (QED) is 0.798. The summed E-state index contributed by atoms with van der Waals surface area (Å²) < 4.78 is 4.24. The maximum Gasteiger partial charge on any atom is 0.205 e. The predicted molar refractivity (Wildman–Crippen MR) is 56.7 cm³/mol. The first-order valence-electron chi connectivity index (χ1n) is 5.05. The van der Waals surface area contributed by atoms with Crippen LogP contribution < -0.4 is 4.90 Å². The number of β-amino-alcohol motifs (C(OH)–C–C–N with tert-alkyl or cyclic N) is 1. The molecule has 1 atom stereocenters. The van der Waals surface area contributed by atoms with Crippen molar-refractivity contribution in [2.24, 2.45) is 0 Å². The molecule has 0 aliphatic carbocycles. The van der Waals surface area contributed by atoms with Crippen LogP contribution in [0, 0.1) is 0 Å². The molecular formula is C9H15N3OS. The number of aliphatic hydroxyl groups excluding tert-OH is 1. The van der Waals surface area contributed by atoms with E-state index in [1.54, 1.807) is 0 Å². The van der Waals surface area contributed by atoms with Gasteiger partial charge in [0.2, 0.25) is 5.13 Å². The van der Waals surface area contributed by atoms with Gasteiger partial charge in [-0.15, -0.1) is 0 Å². The summed E-state index contributed by atoms with van der Waals surface area (Å²) in [6, 6.07) is 0. The number of anilines is 1. The minimum atomic E-state index is -0.197. The van der Waals surface area contributed by atoms with E-state index in [1.807, 2.05) is 0 Å². The van der Waals surface area contributed by atoms with Crippen LogP contribution in [0.1, 0.15) is 25.6 Å². The van der Waals surface area contributed by atoms with Gasteiger partial charge in [-0.3, -0.25) is 0 Å². The molecule has 0 aromatic carbocycles. The highest BCUT2D eigenvalue weighted by atomic mass is 32.1. The van der Waals surface area contributed by atoms with Crippen LogP contribution in [0.3, 0.4) is 0 Å². The Kier molecular flexibility index (Phi) is 2.98. The molecule has 0 bridgehead atoms. The Morgan fingerprint density at radius 3 is 3.14 bits per heavy atom. The summed E-state index contributed by atoms with van der Waals surface area (Å²) in [7, 11) is 0. The highest BCUT2D eigenvalue weighted by Gasteiger charge is 2.20. The lowest BCUT2D eigenvalue weighted by Crippen LogP contribution is -2.38. The number of hydrogen-bond donors (Lipinski definition) is 1. The lowest BCUT2D eigenvalue weighted by atomic mass is 10.1. The molecule has 1 N–H and O–H groups in total. The fourth-order valence-electron chi connectivity index (χ4n) is 1.65. The van der Waals surface area contributed by atoms with Crippen LogP contribution >= 0.6 is 11.5 Å². The van der Waals surface area contributed by atoms with Gasteiger partial charge in [-0.2, -0.15) is 4.37 Å². The first-order chi connectivity index (χ1) is 6.79. The molecule has 2 heterocycles. The Hall–Kier alpha value is -0.680. The summed E-state index contributed by atoms with van der Waals surface area (Å²) in [5.74, 6) is 0.907. The molecule has 14 heavy (non-hydrogen) atoms. The first-order valence-corrected chi connectivity index (χ1v) is 5.82. The molecule has 1 aromatic heterocycles. The molecule has 78 valence electrons. The van der Waals surface area contributed by atoms with E-state index in [0.29, 0.717) is 6.54 Å². The Balaban J connectivity index is 2.06. The molecule has 1 aliphatic rings. The molecule has 2 rings (SSSR count). The van der Waals surface area contributed by atoms with E-state index < -0.39 is 0 Å². The van der Waals surface area contributed by atoms with Crippen LogP contribution in [0.4, 0.5) is 5.13 Å². The van der Waals surface area contributed by atoms with Crippen LogP contribution in [0.2, 0.25) is 0 Å². The minimum Gasteiger partial charge on any atom is -0.391 e. The first kappa shape index (κ1) is 9.86. The second-order valence-corrected chi connectivity index (χ2v) is 4.32. The summed E-state index contributed by atoms with van der Waals surface area (Å²) in [5.41, 5.74) is 0. The molecule has 0 radical (unpaired) electrons. The van der Waals surface area contributed by atoms with Crippen LogP contribution in [-0.4, -0.2) is 33.7 Å². The predicted octanol–water partition coefficient (Wildman–Crippen LogP) is 1.06. The molecular weight excluding hydrogens is 198 g/mol. The third-order valence-corrected chi connectivity index (χ3v) is 3.26. The SMILES string of the molecule is CCc1nsc(N2CCC[C@H](O)C2)n1. The van der Waals surface area contributed by atoms with E-state index in [-0.39, 0.29) is 6.10 Å². The summed E-state index contributed by atoms with van der Waals surface area (Å²) in [4.78, 5) is 6.54. The molecule has 1 aromatic rings. The van der Waals surface area contributed by atoms with Gasteiger partial charge in [0, 0.05) is 31.0 Å². The zero-order chi connectivity index (χ0) is 9.97. The number of aliphatic hydroxyl groups is 1. The lowest BCUT2D eigenvalue weighted by Gasteiger charge is -2.29. The molecule has 1 saturated heterocycles. The van der Waals surface area contributed by atoms with Gasteiger partial charge >= 0.3 is 0 Å². The fourth-order valence-corrected chi connectivity index (χ4v) is 2.43. The van der Waals surface area contributed by atoms with Gasteiger partial charge in [0.25, 0.3) is 0 Å². The standard InChI is InChI=1S/C9H15N3OS/c1-2-8-10-9(14-11-8)12-5-3-4-7(13)6-12/h7,13H,2-6H2,1H3/t7-/m0/s1. The fraction of sp³-hybridized carbons (Fsp3) is 0.778. The molecule has 4 nitrogen and oxygen atoms in total. The van der Waals surface area contributed by atoms with Crippen LogP contribution in [0.15, 0.2) is 0 Å². The van der Waals surface area contributed by atoms with Crippen LogP contribution in [0.5, 0.6) is 0 Å². The summed E-state index contributed by atoms with van der Waals surface area (Å²) in [5, 5.41) is 10.5. The van der Waals surface area contributed by atoms with Crippen molar-refractivity contribution < 1.29 is 5.11 Å². The normalized spacial score (nSPS) is 22.7. The maximum atomic E-state index is 9.52. The van der Waals surface area contributed by atoms with E-state index in [1.165, 1.54) is 11.5 Å². The van der Waals surface area contributed by atoms with E-state index >= 15 is 0 Å². The lowest BCUT2D eigenvalue weighted by molar-refractivity contribution is 0.154. The third kappa shape index (κ3) is 2.04. The molecule has 5 heteroatoms. The van der Waals surface area contributed by atoms with Gasteiger partial charge in [-0.05, 0) is 12.8 Å². The number of aromatic nitrogens is 2. The Bertz CT molecular complexity index is 302. The molecule has 0 amide bonds. The van der Waals surface area contributed by atoms with Crippen molar-refractivity contribution in [3.63, 3.8) is 0 Å². The summed E-state index contributed by atoms with van der Waals surface area (Å²) in [6.45, 7) is 3.75. The van der Waals surface area contributed by atoms with E-state index in [9.17, 15) is 5.11 Å². The molecule has 1 aliphatic heterocycles. The topological polar surface area (TPSA) is 49.2 Å². The van der Waals surface area contributed by atoms with Crippen LogP contribution in [0.25, 0.3) is 0 Å². The number of nitrogens with zero attached hydrogens (tertiary/aromatic N) is 3. The molecule has 1 fully saturated rings. The Labute approximate surface area is 87.8 Å². The van der Waals surface area contributed by atoms with Crippen molar-refractivity contribution in [1.82, 2.24) is 9.36 Å². The molecule has 0 saturated carbocycles. The van der Waals surface area contributed by atoms with Crippen molar-refractivity contribution in [3.05, 3.63) is 5.82 Å². The van der Waals surface area contributed by atoms with Gasteiger partial charge < -0.3 is 10.0 Å². The second-order valence-electron chi connectivity index (χ2n) is 3.59. The molecule has 0 spiro atoms. The maximum absolute atomic E-state index is 9.52. The largest absolute Gasteiger partial charge is 0.391 e. The van der Waals surface area contributed by atoms with Crippen molar-refractivity contribution in [3.8, 4) is 0 Å². The van der Waals surface area contributed by atoms with Gasteiger partial charge in [-0.1, -0.05) is 6.92 Å².